The molecule has 3 nitrogen and oxygen atoms in total. The third-order valence-corrected chi connectivity index (χ3v) is 2.81. The molecule has 1 aliphatic rings. The molecule has 0 spiro atoms. The van der Waals surface area contributed by atoms with Crippen LogP contribution in [0.4, 0.5) is 11.4 Å². The first-order chi connectivity index (χ1) is 6.81. The lowest BCUT2D eigenvalue weighted by Gasteiger charge is -2.11. The molecule has 14 heavy (non-hydrogen) atoms. The van der Waals surface area contributed by atoms with Crippen LogP contribution in [0.25, 0.3) is 0 Å². The summed E-state index contributed by atoms with van der Waals surface area (Å²) >= 11 is 3.40. The van der Waals surface area contributed by atoms with E-state index in [1.54, 1.807) is 0 Å². The summed E-state index contributed by atoms with van der Waals surface area (Å²) in [7, 11) is 0. The zero-order valence-corrected chi connectivity index (χ0v) is 9.17. The number of hydrogen-bond donors (Lipinski definition) is 2. The van der Waals surface area contributed by atoms with Crippen molar-refractivity contribution in [3.05, 3.63) is 22.7 Å². The van der Waals surface area contributed by atoms with Crippen molar-refractivity contribution in [3.63, 3.8) is 0 Å². The van der Waals surface area contributed by atoms with Crippen LogP contribution in [-0.2, 0) is 4.79 Å². The van der Waals surface area contributed by atoms with Gasteiger partial charge in [0.1, 0.15) is 0 Å². The molecule has 2 rings (SSSR count). The maximum Gasteiger partial charge on any atom is 0.211 e. The van der Waals surface area contributed by atoms with Crippen LogP contribution < -0.4 is 10.6 Å². The minimum atomic E-state index is 0.580. The molecule has 1 aliphatic carbocycles. The highest BCUT2D eigenvalue weighted by atomic mass is 79.9. The molecule has 1 amide bonds. The lowest BCUT2D eigenvalue weighted by atomic mass is 10.2. The second-order valence-electron chi connectivity index (χ2n) is 3.34. The molecule has 74 valence electrons. The van der Waals surface area contributed by atoms with Crippen LogP contribution in [0.15, 0.2) is 22.7 Å². The summed E-state index contributed by atoms with van der Waals surface area (Å²) in [6, 6.07) is 6.40. The number of carbonyl (C=O) groups excluding carboxylic acids is 1. The minimum Gasteiger partial charge on any atom is -0.381 e. The summed E-state index contributed by atoms with van der Waals surface area (Å²) in [6.45, 7) is 0. The number of nitrogens with one attached hydrogen (secondary N) is 2. The topological polar surface area (TPSA) is 41.1 Å². The van der Waals surface area contributed by atoms with Crippen LogP contribution in [-0.4, -0.2) is 12.5 Å². The first-order valence-corrected chi connectivity index (χ1v) is 5.36. The van der Waals surface area contributed by atoms with Crippen molar-refractivity contribution in [2.24, 2.45) is 0 Å². The zero-order chi connectivity index (χ0) is 9.97. The lowest BCUT2D eigenvalue weighted by Crippen LogP contribution is -2.05. The fraction of sp³-hybridized carbons (Fsp3) is 0.300. The predicted octanol–water partition coefficient (Wildman–Crippen LogP) is 2.59. The molecule has 1 aromatic rings. The Morgan fingerprint density at radius 1 is 1.43 bits per heavy atom. The van der Waals surface area contributed by atoms with Crippen molar-refractivity contribution in [3.8, 4) is 0 Å². The normalized spacial score (nSPS) is 14.9. The van der Waals surface area contributed by atoms with Gasteiger partial charge in [-0.25, -0.2) is 0 Å². The molecule has 0 atom stereocenters. The number of rotatable bonds is 4. The van der Waals surface area contributed by atoms with Crippen molar-refractivity contribution in [1.82, 2.24) is 0 Å². The maximum atomic E-state index is 10.4. The number of anilines is 2. The van der Waals surface area contributed by atoms with Gasteiger partial charge in [0.2, 0.25) is 6.41 Å². The fourth-order valence-electron chi connectivity index (χ4n) is 1.30. The van der Waals surface area contributed by atoms with Gasteiger partial charge in [-0.3, -0.25) is 4.79 Å². The van der Waals surface area contributed by atoms with Crippen molar-refractivity contribution in [2.75, 3.05) is 10.6 Å². The Bertz CT molecular complexity index is 350. The Hall–Kier alpha value is -1.03. The van der Waals surface area contributed by atoms with Crippen molar-refractivity contribution >= 4 is 33.7 Å². The maximum absolute atomic E-state index is 10.4. The smallest absolute Gasteiger partial charge is 0.211 e. The third-order valence-electron chi connectivity index (χ3n) is 2.15. The van der Waals surface area contributed by atoms with E-state index in [4.69, 9.17) is 0 Å². The molecule has 1 saturated carbocycles. The summed E-state index contributed by atoms with van der Waals surface area (Å²) in [5.74, 6) is 0. The van der Waals surface area contributed by atoms with E-state index in [9.17, 15) is 4.79 Å². The molecule has 0 heterocycles. The van der Waals surface area contributed by atoms with Crippen LogP contribution >= 0.6 is 15.9 Å². The second-order valence-corrected chi connectivity index (χ2v) is 4.20. The van der Waals surface area contributed by atoms with Crippen LogP contribution in [0.3, 0.4) is 0 Å². The van der Waals surface area contributed by atoms with Crippen molar-refractivity contribution in [1.29, 1.82) is 0 Å². The van der Waals surface area contributed by atoms with E-state index in [-0.39, 0.29) is 0 Å². The molecule has 0 aromatic heterocycles. The predicted molar refractivity (Wildman–Crippen MR) is 60.5 cm³/mol. The number of hydrogen-bond acceptors (Lipinski definition) is 2. The van der Waals surface area contributed by atoms with Gasteiger partial charge < -0.3 is 10.6 Å². The van der Waals surface area contributed by atoms with Crippen LogP contribution in [0.1, 0.15) is 12.8 Å². The number of halogens is 1. The Morgan fingerprint density at radius 3 is 2.86 bits per heavy atom. The lowest BCUT2D eigenvalue weighted by molar-refractivity contribution is -0.105. The van der Waals surface area contributed by atoms with Gasteiger partial charge in [0.05, 0.1) is 11.4 Å². The van der Waals surface area contributed by atoms with E-state index < -0.39 is 0 Å². The van der Waals surface area contributed by atoms with Gasteiger partial charge in [-0.2, -0.15) is 0 Å². The number of amides is 1. The summed E-state index contributed by atoms with van der Waals surface area (Å²) < 4.78 is 0.898. The minimum absolute atomic E-state index is 0.580. The average Bonchev–Trinajstić information content (AvgIpc) is 2.95. The Balaban J connectivity index is 2.25. The average molecular weight is 255 g/mol. The van der Waals surface area contributed by atoms with E-state index in [0.717, 1.165) is 15.8 Å². The SMILES string of the molecule is O=CNc1c(Br)cccc1NC1CC1. The molecule has 0 radical (unpaired) electrons. The highest BCUT2D eigenvalue weighted by Gasteiger charge is 2.22. The molecule has 0 saturated heterocycles. The third kappa shape index (κ3) is 2.07. The first-order valence-electron chi connectivity index (χ1n) is 4.56. The van der Waals surface area contributed by atoms with Crippen LogP contribution in [0.5, 0.6) is 0 Å². The number of para-hydroxylation sites is 1. The molecular formula is C10H11BrN2O. The number of benzene rings is 1. The van der Waals surface area contributed by atoms with Crippen LogP contribution in [0, 0.1) is 0 Å². The second kappa shape index (κ2) is 4.00. The molecule has 0 aliphatic heterocycles. The molecular weight excluding hydrogens is 244 g/mol. The summed E-state index contributed by atoms with van der Waals surface area (Å²) in [6.07, 6.45) is 3.12. The quantitative estimate of drug-likeness (QED) is 0.812. The van der Waals surface area contributed by atoms with Crippen molar-refractivity contribution < 1.29 is 4.79 Å². The molecule has 0 unspecified atom stereocenters. The molecule has 1 aromatic carbocycles. The van der Waals surface area contributed by atoms with Gasteiger partial charge in [-0.05, 0) is 40.9 Å². The monoisotopic (exact) mass is 254 g/mol. The molecule has 1 fully saturated rings. The van der Waals surface area contributed by atoms with E-state index in [2.05, 4.69) is 26.6 Å². The molecule has 4 heteroatoms. The molecule has 2 N–H and O–H groups in total. The Labute approximate surface area is 91.0 Å². The van der Waals surface area contributed by atoms with Gasteiger partial charge in [0, 0.05) is 10.5 Å². The summed E-state index contributed by atoms with van der Waals surface area (Å²) in [5, 5.41) is 6.05. The fourth-order valence-corrected chi connectivity index (χ4v) is 1.78. The standard InChI is InChI=1S/C10H11BrN2O/c11-8-2-1-3-9(10(8)12-6-14)13-7-4-5-7/h1-3,6-7,13H,4-5H2,(H,12,14). The van der Waals surface area contributed by atoms with E-state index in [0.29, 0.717) is 12.5 Å². The van der Waals surface area contributed by atoms with Gasteiger partial charge in [-0.1, -0.05) is 6.07 Å². The highest BCUT2D eigenvalue weighted by molar-refractivity contribution is 9.10. The van der Waals surface area contributed by atoms with E-state index in [1.807, 2.05) is 18.2 Å². The largest absolute Gasteiger partial charge is 0.381 e. The van der Waals surface area contributed by atoms with Gasteiger partial charge in [0.15, 0.2) is 0 Å². The zero-order valence-electron chi connectivity index (χ0n) is 7.59. The van der Waals surface area contributed by atoms with Gasteiger partial charge in [-0.15, -0.1) is 0 Å². The van der Waals surface area contributed by atoms with Crippen LogP contribution in [0.2, 0.25) is 0 Å². The summed E-state index contributed by atoms with van der Waals surface area (Å²) in [5.41, 5.74) is 1.79. The first kappa shape index (κ1) is 9.52. The van der Waals surface area contributed by atoms with E-state index >= 15 is 0 Å². The van der Waals surface area contributed by atoms with E-state index in [1.165, 1.54) is 12.8 Å². The highest BCUT2D eigenvalue weighted by Crippen LogP contribution is 2.33. The number of carbonyl (C=O) groups is 1. The van der Waals surface area contributed by atoms with Gasteiger partial charge >= 0.3 is 0 Å². The summed E-state index contributed by atoms with van der Waals surface area (Å²) in [4.78, 5) is 10.4. The Kier molecular flexibility index (Phi) is 2.72. The molecule has 0 bridgehead atoms. The Morgan fingerprint density at radius 2 is 2.21 bits per heavy atom. The van der Waals surface area contributed by atoms with Gasteiger partial charge in [0.25, 0.3) is 0 Å². The van der Waals surface area contributed by atoms with Crippen molar-refractivity contribution in [2.45, 2.75) is 18.9 Å².